The maximum Gasteiger partial charge on any atom is 0.306 e. The summed E-state index contributed by atoms with van der Waals surface area (Å²) in [7, 11) is 0. The summed E-state index contributed by atoms with van der Waals surface area (Å²) in [6.45, 7) is 13.0. The van der Waals surface area contributed by atoms with E-state index < -0.39 is 0 Å². The summed E-state index contributed by atoms with van der Waals surface area (Å²) in [4.78, 5) is 26.5. The molecular formula is C19H27N3O2S. The summed E-state index contributed by atoms with van der Waals surface area (Å²) in [5, 5.41) is 1.11. The number of carbonyl (C=O) groups excluding carboxylic acids is 1. The van der Waals surface area contributed by atoms with Gasteiger partial charge in [-0.25, -0.2) is 15.0 Å². The molecule has 25 heavy (non-hydrogen) atoms. The van der Waals surface area contributed by atoms with Gasteiger partial charge in [-0.3, -0.25) is 4.79 Å². The Balaban J connectivity index is 2.31. The zero-order chi connectivity index (χ0) is 18.6. The molecule has 0 atom stereocenters. The van der Waals surface area contributed by atoms with Gasteiger partial charge in [-0.1, -0.05) is 34.6 Å². The van der Waals surface area contributed by atoms with Crippen molar-refractivity contribution in [2.24, 2.45) is 0 Å². The van der Waals surface area contributed by atoms with Crippen LogP contribution in [0, 0.1) is 0 Å². The summed E-state index contributed by atoms with van der Waals surface area (Å²) in [6.07, 6.45) is 2.53. The summed E-state index contributed by atoms with van der Waals surface area (Å²) < 4.78 is 4.97. The summed E-state index contributed by atoms with van der Waals surface area (Å²) in [5.41, 5.74) is 1.96. The van der Waals surface area contributed by atoms with Crippen LogP contribution in [0.25, 0.3) is 10.6 Å². The van der Waals surface area contributed by atoms with Crippen molar-refractivity contribution in [3.8, 4) is 10.6 Å². The van der Waals surface area contributed by atoms with Crippen LogP contribution in [-0.4, -0.2) is 27.5 Å². The molecule has 0 amide bonds. The van der Waals surface area contributed by atoms with Crippen LogP contribution in [0.2, 0.25) is 0 Å². The number of thiazole rings is 1. The molecule has 0 aromatic carbocycles. The molecule has 2 aromatic heterocycles. The third-order valence-corrected chi connectivity index (χ3v) is 5.16. The molecule has 0 saturated carbocycles. The van der Waals surface area contributed by atoms with Crippen LogP contribution in [0.1, 0.15) is 70.4 Å². The van der Waals surface area contributed by atoms with Gasteiger partial charge in [0.05, 0.1) is 34.3 Å². The Morgan fingerprint density at radius 1 is 1.28 bits per heavy atom. The lowest BCUT2D eigenvalue weighted by Crippen LogP contribution is -2.10. The quantitative estimate of drug-likeness (QED) is 0.708. The molecule has 2 aromatic rings. The molecule has 0 aliphatic carbocycles. The van der Waals surface area contributed by atoms with Crippen molar-refractivity contribution < 1.29 is 9.53 Å². The summed E-state index contributed by atoms with van der Waals surface area (Å²) in [5.74, 6) is 0.762. The molecule has 136 valence electrons. The average Bonchev–Trinajstić information content (AvgIpc) is 2.99. The number of aryl methyl sites for hydroxylation is 1. The van der Waals surface area contributed by atoms with Crippen molar-refractivity contribution >= 4 is 17.3 Å². The smallest absolute Gasteiger partial charge is 0.306 e. The first kappa shape index (κ1) is 19.5. The maximum atomic E-state index is 11.5. The van der Waals surface area contributed by atoms with Gasteiger partial charge in [-0.2, -0.15) is 0 Å². The Kier molecular flexibility index (Phi) is 6.27. The highest BCUT2D eigenvalue weighted by molar-refractivity contribution is 7.15. The number of hydrogen-bond donors (Lipinski definition) is 0. The highest BCUT2D eigenvalue weighted by Gasteiger charge is 2.24. The molecule has 0 spiro atoms. The standard InChI is InChI=1S/C19H27N3O2S/c1-7-24-15(23)9-8-14-20-11-10-13(21-14)17-16(12(2)3)22-18(25-17)19(4,5)6/h10-12H,7-9H2,1-6H3. The van der Waals surface area contributed by atoms with Gasteiger partial charge in [0.15, 0.2) is 0 Å². The van der Waals surface area contributed by atoms with E-state index in [1.54, 1.807) is 24.5 Å². The number of hydrogen-bond acceptors (Lipinski definition) is 6. The van der Waals surface area contributed by atoms with E-state index in [0.717, 1.165) is 21.3 Å². The van der Waals surface area contributed by atoms with Gasteiger partial charge in [0.1, 0.15) is 5.82 Å². The molecule has 0 fully saturated rings. The molecule has 6 heteroatoms. The Labute approximate surface area is 153 Å². The Morgan fingerprint density at radius 3 is 2.60 bits per heavy atom. The van der Waals surface area contributed by atoms with Crippen LogP contribution in [-0.2, 0) is 21.4 Å². The number of carbonyl (C=O) groups is 1. The molecule has 2 heterocycles. The van der Waals surface area contributed by atoms with E-state index in [1.165, 1.54) is 0 Å². The van der Waals surface area contributed by atoms with E-state index in [0.29, 0.717) is 31.2 Å². The topological polar surface area (TPSA) is 65.0 Å². The lowest BCUT2D eigenvalue weighted by molar-refractivity contribution is -0.143. The third-order valence-electron chi connectivity index (χ3n) is 3.64. The molecule has 0 aliphatic heterocycles. The van der Waals surface area contributed by atoms with Gasteiger partial charge < -0.3 is 4.74 Å². The lowest BCUT2D eigenvalue weighted by Gasteiger charge is -2.13. The molecule has 5 nitrogen and oxygen atoms in total. The minimum absolute atomic E-state index is 0.00628. The highest BCUT2D eigenvalue weighted by Crippen LogP contribution is 2.38. The maximum absolute atomic E-state index is 11.5. The normalized spacial score (nSPS) is 11.8. The van der Waals surface area contributed by atoms with Crippen molar-refractivity contribution in [2.75, 3.05) is 6.61 Å². The predicted octanol–water partition coefficient (Wildman–Crippen LogP) is 4.52. The number of nitrogens with zero attached hydrogens (tertiary/aromatic N) is 3. The number of rotatable bonds is 6. The van der Waals surface area contributed by atoms with Crippen molar-refractivity contribution in [1.29, 1.82) is 0 Å². The average molecular weight is 362 g/mol. The number of esters is 1. The van der Waals surface area contributed by atoms with Crippen molar-refractivity contribution in [3.63, 3.8) is 0 Å². The minimum atomic E-state index is -0.216. The van der Waals surface area contributed by atoms with E-state index in [4.69, 9.17) is 9.72 Å². The second-order valence-corrected chi connectivity index (χ2v) is 8.30. The molecule has 2 rings (SSSR count). The second-order valence-electron chi connectivity index (χ2n) is 7.30. The van der Waals surface area contributed by atoms with Crippen LogP contribution >= 0.6 is 11.3 Å². The molecule has 0 unspecified atom stereocenters. The van der Waals surface area contributed by atoms with Gasteiger partial charge >= 0.3 is 5.97 Å². The van der Waals surface area contributed by atoms with Crippen molar-refractivity contribution in [2.45, 2.75) is 65.7 Å². The van der Waals surface area contributed by atoms with Gasteiger partial charge in [0.2, 0.25) is 0 Å². The van der Waals surface area contributed by atoms with Gasteiger partial charge in [0, 0.05) is 18.0 Å². The third kappa shape index (κ3) is 5.08. The van der Waals surface area contributed by atoms with Gasteiger partial charge in [-0.15, -0.1) is 11.3 Å². The first-order valence-corrected chi connectivity index (χ1v) is 9.53. The molecule has 0 radical (unpaired) electrons. The van der Waals surface area contributed by atoms with E-state index in [9.17, 15) is 4.79 Å². The van der Waals surface area contributed by atoms with Crippen LogP contribution in [0.15, 0.2) is 12.3 Å². The van der Waals surface area contributed by atoms with E-state index in [2.05, 4.69) is 44.6 Å². The SMILES string of the molecule is CCOC(=O)CCc1nccc(-c2sc(C(C)(C)C)nc2C(C)C)n1. The zero-order valence-electron chi connectivity index (χ0n) is 15.9. The molecule has 0 bridgehead atoms. The Hall–Kier alpha value is -1.82. The van der Waals surface area contributed by atoms with E-state index >= 15 is 0 Å². The molecular weight excluding hydrogens is 334 g/mol. The van der Waals surface area contributed by atoms with Crippen LogP contribution < -0.4 is 0 Å². The summed E-state index contributed by atoms with van der Waals surface area (Å²) in [6, 6.07) is 1.92. The first-order chi connectivity index (χ1) is 11.7. The van der Waals surface area contributed by atoms with Gasteiger partial charge in [-0.05, 0) is 18.9 Å². The van der Waals surface area contributed by atoms with E-state index in [-0.39, 0.29) is 11.4 Å². The number of ether oxygens (including phenoxy) is 1. The monoisotopic (exact) mass is 361 g/mol. The molecule has 0 saturated heterocycles. The number of aromatic nitrogens is 3. The second kappa shape index (κ2) is 8.04. The van der Waals surface area contributed by atoms with Crippen LogP contribution in [0.3, 0.4) is 0 Å². The van der Waals surface area contributed by atoms with Crippen molar-refractivity contribution in [1.82, 2.24) is 15.0 Å². The minimum Gasteiger partial charge on any atom is -0.466 e. The van der Waals surface area contributed by atoms with Crippen LogP contribution in [0.5, 0.6) is 0 Å². The molecule has 0 aliphatic rings. The predicted molar refractivity (Wildman–Crippen MR) is 101 cm³/mol. The first-order valence-electron chi connectivity index (χ1n) is 8.71. The van der Waals surface area contributed by atoms with Crippen LogP contribution in [0.4, 0.5) is 0 Å². The highest BCUT2D eigenvalue weighted by atomic mass is 32.1. The van der Waals surface area contributed by atoms with E-state index in [1.807, 2.05) is 6.07 Å². The lowest BCUT2D eigenvalue weighted by atomic mass is 9.98. The Bertz CT molecular complexity index is 733. The summed E-state index contributed by atoms with van der Waals surface area (Å²) >= 11 is 1.70. The fourth-order valence-corrected chi connectivity index (χ4v) is 3.57. The fourth-order valence-electron chi connectivity index (χ4n) is 2.32. The largest absolute Gasteiger partial charge is 0.466 e. The van der Waals surface area contributed by atoms with Crippen molar-refractivity contribution in [3.05, 3.63) is 28.8 Å². The Morgan fingerprint density at radius 2 is 2.00 bits per heavy atom. The molecule has 0 N–H and O–H groups in total. The van der Waals surface area contributed by atoms with Gasteiger partial charge in [0.25, 0.3) is 0 Å². The fraction of sp³-hybridized carbons (Fsp3) is 0.579. The zero-order valence-corrected chi connectivity index (χ0v) is 16.7.